The van der Waals surface area contributed by atoms with Crippen molar-refractivity contribution >= 4 is 13.8 Å². The summed E-state index contributed by atoms with van der Waals surface area (Å²) < 4.78 is 89.0. The first-order valence-electron chi connectivity index (χ1n) is 19.1. The molecule has 1 saturated carbocycles. The largest absolute Gasteiger partial charge is 0.530 e. The Labute approximate surface area is 326 Å². The molecule has 3 fully saturated rings. The highest BCUT2D eigenvalue weighted by atomic mass is 31.2. The third-order valence-electron chi connectivity index (χ3n) is 10.5. The van der Waals surface area contributed by atoms with Gasteiger partial charge in [-0.05, 0) is 78.3 Å². The van der Waals surface area contributed by atoms with Gasteiger partial charge in [-0.3, -0.25) is 9.05 Å². The second-order valence-corrected chi connectivity index (χ2v) is 16.9. The van der Waals surface area contributed by atoms with Crippen molar-refractivity contribution in [3.63, 3.8) is 0 Å². The fraction of sp³-hybridized carbons (Fsp3) is 0.537. The quantitative estimate of drug-likeness (QED) is 0.0719. The lowest BCUT2D eigenvalue weighted by molar-refractivity contribution is -0.239. The van der Waals surface area contributed by atoms with Crippen LogP contribution >= 0.6 is 7.82 Å². The van der Waals surface area contributed by atoms with Crippen LogP contribution in [0.2, 0.25) is 0 Å². The van der Waals surface area contributed by atoms with E-state index in [-0.39, 0.29) is 5.75 Å². The summed E-state index contributed by atoms with van der Waals surface area (Å²) in [5.74, 6) is -1.13. The highest BCUT2D eigenvalue weighted by Gasteiger charge is 2.66. The SMILES string of the molecule is CCCCOc1ccc2c(c1)Oc1cc(O[P@](=O)(OC)OC3[C@@H]4OC(C)(C)O[C@@H]4C(O[C@@H](C)OCC)[C@@H]4OC(C)(C)O[C@@H]34)ccc1[C@]21OC(=O)c2ccccc21. The van der Waals surface area contributed by atoms with Gasteiger partial charge in [0, 0.05) is 42.5 Å². The monoisotopic (exact) mass is 796 g/mol. The van der Waals surface area contributed by atoms with Crippen molar-refractivity contribution in [2.45, 2.75) is 121 Å². The molecule has 8 rings (SSSR count). The van der Waals surface area contributed by atoms with E-state index in [9.17, 15) is 9.36 Å². The number of esters is 1. The van der Waals surface area contributed by atoms with E-state index >= 15 is 0 Å². The average molecular weight is 797 g/mol. The zero-order valence-corrected chi connectivity index (χ0v) is 33.7. The number of fused-ring (bicyclic) bond motifs is 8. The summed E-state index contributed by atoms with van der Waals surface area (Å²) in [5.41, 5.74) is 0.957. The third-order valence-corrected chi connectivity index (χ3v) is 11.9. The molecule has 5 aliphatic rings. The van der Waals surface area contributed by atoms with E-state index in [2.05, 4.69) is 6.92 Å². The maximum Gasteiger partial charge on any atom is 0.530 e. The van der Waals surface area contributed by atoms with Crippen molar-refractivity contribution in [1.82, 2.24) is 0 Å². The van der Waals surface area contributed by atoms with Crippen LogP contribution in [0, 0.1) is 0 Å². The van der Waals surface area contributed by atoms with E-state index in [1.165, 1.54) is 7.11 Å². The predicted molar refractivity (Wildman–Crippen MR) is 199 cm³/mol. The van der Waals surface area contributed by atoms with E-state index in [4.69, 9.17) is 56.2 Å². The molecule has 2 saturated heterocycles. The van der Waals surface area contributed by atoms with Crippen molar-refractivity contribution in [1.29, 1.82) is 0 Å². The number of carbonyl (C=O) groups is 1. The molecule has 3 aromatic rings. The topological polar surface area (TPSA) is 145 Å². The summed E-state index contributed by atoms with van der Waals surface area (Å²) >= 11 is 0. The summed E-state index contributed by atoms with van der Waals surface area (Å²) in [6.07, 6.45) is -3.55. The zero-order valence-electron chi connectivity index (χ0n) is 32.8. The number of unbranched alkanes of at least 4 members (excludes halogenated alkanes) is 1. The van der Waals surface area contributed by atoms with Crippen LogP contribution in [-0.2, 0) is 52.4 Å². The van der Waals surface area contributed by atoms with Gasteiger partial charge in [-0.25, -0.2) is 9.36 Å². The van der Waals surface area contributed by atoms with Crippen LogP contribution in [0.5, 0.6) is 23.0 Å². The summed E-state index contributed by atoms with van der Waals surface area (Å²) in [7, 11) is -3.22. The molecule has 1 aliphatic carbocycles. The van der Waals surface area contributed by atoms with Gasteiger partial charge in [0.2, 0.25) is 0 Å². The van der Waals surface area contributed by atoms with Gasteiger partial charge in [-0.2, -0.15) is 0 Å². The van der Waals surface area contributed by atoms with Crippen LogP contribution in [0.4, 0.5) is 0 Å². The minimum absolute atomic E-state index is 0.101. The molecule has 0 amide bonds. The molecule has 56 heavy (non-hydrogen) atoms. The molecule has 4 aliphatic heterocycles. The Hall–Kier alpha value is -3.56. The van der Waals surface area contributed by atoms with Crippen LogP contribution in [0.25, 0.3) is 0 Å². The number of carbonyl (C=O) groups excluding carboxylic acids is 1. The molecular formula is C41H49O14P. The molecule has 9 atom stereocenters. The van der Waals surface area contributed by atoms with Crippen LogP contribution in [0.3, 0.4) is 0 Å². The minimum Gasteiger partial charge on any atom is -0.493 e. The van der Waals surface area contributed by atoms with Gasteiger partial charge in [0.1, 0.15) is 59.6 Å². The Balaban J connectivity index is 1.13. The van der Waals surface area contributed by atoms with Crippen LogP contribution in [-0.4, -0.2) is 80.8 Å². The van der Waals surface area contributed by atoms with Crippen LogP contribution < -0.4 is 14.0 Å². The highest BCUT2D eigenvalue weighted by Crippen LogP contribution is 2.59. The molecular weight excluding hydrogens is 747 g/mol. The Kier molecular flexibility index (Phi) is 10.3. The van der Waals surface area contributed by atoms with Crippen molar-refractivity contribution in [3.8, 4) is 23.0 Å². The number of hydrogen-bond donors (Lipinski definition) is 0. The fourth-order valence-electron chi connectivity index (χ4n) is 8.29. The van der Waals surface area contributed by atoms with Gasteiger partial charge in [0.05, 0.1) is 12.2 Å². The summed E-state index contributed by atoms with van der Waals surface area (Å²) in [6.45, 7) is 13.8. The number of phosphoric acid groups is 1. The van der Waals surface area contributed by atoms with Gasteiger partial charge in [-0.15, -0.1) is 0 Å². The lowest BCUT2D eigenvalue weighted by Crippen LogP contribution is -2.63. The zero-order chi connectivity index (χ0) is 39.6. The number of hydrogen-bond acceptors (Lipinski definition) is 14. The second kappa shape index (κ2) is 14.7. The summed E-state index contributed by atoms with van der Waals surface area (Å²) in [5, 5.41) is 0. The van der Waals surface area contributed by atoms with Gasteiger partial charge in [-0.1, -0.05) is 31.5 Å². The van der Waals surface area contributed by atoms with Crippen molar-refractivity contribution in [2.24, 2.45) is 0 Å². The molecule has 15 heteroatoms. The van der Waals surface area contributed by atoms with E-state index in [0.717, 1.165) is 12.8 Å². The van der Waals surface area contributed by atoms with E-state index < -0.39 is 73.9 Å². The maximum atomic E-state index is 14.6. The van der Waals surface area contributed by atoms with E-state index in [1.54, 1.807) is 71.0 Å². The van der Waals surface area contributed by atoms with Crippen molar-refractivity contribution in [2.75, 3.05) is 20.3 Å². The standard InChI is InChI=1S/C41H49O14P/c1-9-11-20-46-24-16-18-28-30(21-24)48-31-22-25(17-19-29(31)41(28)27-15-13-12-14-26(27)38(42)53-41)54-56(43,44-8)55-37-35-33(49-39(4,5)51-35)32(47-23(3)45-10-2)34-36(37)52-40(6,7)50-34/h12-19,21-23,32-37H,9-11,20H2,1-8H3/t23-,32?,33-,34+,35+,36+,37?,41+,56-/m0/s1. The van der Waals surface area contributed by atoms with Crippen molar-refractivity contribution in [3.05, 3.63) is 82.9 Å². The number of ether oxygens (including phenoxy) is 9. The smallest absolute Gasteiger partial charge is 0.493 e. The molecule has 302 valence electrons. The normalized spacial score (nSPS) is 30.5. The highest BCUT2D eigenvalue weighted by molar-refractivity contribution is 7.48. The number of benzene rings is 3. The molecule has 0 bridgehead atoms. The first-order valence-corrected chi connectivity index (χ1v) is 20.6. The first-order chi connectivity index (χ1) is 26.7. The second-order valence-electron chi connectivity index (χ2n) is 15.3. The van der Waals surface area contributed by atoms with E-state index in [0.29, 0.717) is 52.7 Å². The lowest BCUT2D eigenvalue weighted by Gasteiger charge is -2.43. The Bertz CT molecular complexity index is 1990. The van der Waals surface area contributed by atoms with Gasteiger partial charge in [0.15, 0.2) is 23.5 Å². The minimum atomic E-state index is -4.45. The van der Waals surface area contributed by atoms with Crippen LogP contribution in [0.1, 0.15) is 88.4 Å². The Morgan fingerprint density at radius 1 is 0.786 bits per heavy atom. The first kappa shape index (κ1) is 39.3. The Morgan fingerprint density at radius 3 is 1.98 bits per heavy atom. The molecule has 0 aromatic heterocycles. The average Bonchev–Trinajstić information content (AvgIpc) is 3.77. The molecule has 2 unspecified atom stereocenters. The van der Waals surface area contributed by atoms with Crippen molar-refractivity contribution < 1.29 is 65.6 Å². The van der Waals surface area contributed by atoms with E-state index in [1.807, 2.05) is 31.2 Å². The number of phosphoric ester groups is 1. The van der Waals surface area contributed by atoms with Gasteiger partial charge >= 0.3 is 13.8 Å². The summed E-state index contributed by atoms with van der Waals surface area (Å²) in [4.78, 5) is 13.4. The lowest BCUT2D eigenvalue weighted by atomic mass is 9.77. The third kappa shape index (κ3) is 6.92. The van der Waals surface area contributed by atoms with Crippen LogP contribution in [0.15, 0.2) is 60.7 Å². The molecule has 3 aromatic carbocycles. The molecule has 14 nitrogen and oxygen atoms in total. The summed E-state index contributed by atoms with van der Waals surface area (Å²) in [6, 6.07) is 17.6. The molecule has 1 spiro atoms. The molecule has 0 N–H and O–H groups in total. The fourth-order valence-corrected chi connectivity index (χ4v) is 9.41. The van der Waals surface area contributed by atoms with Gasteiger partial charge < -0.3 is 47.2 Å². The maximum absolute atomic E-state index is 14.6. The number of rotatable bonds is 13. The molecule has 4 heterocycles. The Morgan fingerprint density at radius 2 is 1.38 bits per heavy atom. The molecule has 0 radical (unpaired) electrons. The predicted octanol–water partition coefficient (Wildman–Crippen LogP) is 7.77. The van der Waals surface area contributed by atoms with Gasteiger partial charge in [0.25, 0.3) is 0 Å².